The first-order chi connectivity index (χ1) is 10.1. The second kappa shape index (κ2) is 9.99. The molecule has 122 valence electrons. The van der Waals surface area contributed by atoms with Crippen LogP contribution in [0.4, 0.5) is 0 Å². The molecular weight excluding hydrogens is 258 g/mol. The van der Waals surface area contributed by atoms with E-state index in [9.17, 15) is 0 Å². The predicted molar refractivity (Wildman–Crippen MR) is 91.7 cm³/mol. The highest BCUT2D eigenvalue weighted by atomic mass is 15.3. The average molecular weight is 293 g/mol. The molecule has 1 aromatic heterocycles. The van der Waals surface area contributed by atoms with E-state index in [1.807, 2.05) is 0 Å². The van der Waals surface area contributed by atoms with Crippen molar-refractivity contribution < 1.29 is 0 Å². The van der Waals surface area contributed by atoms with Crippen molar-refractivity contribution in [1.82, 2.24) is 9.78 Å². The van der Waals surface area contributed by atoms with Gasteiger partial charge in [0.1, 0.15) is 0 Å². The fourth-order valence-electron chi connectivity index (χ4n) is 3.05. The first-order valence-electron chi connectivity index (χ1n) is 8.96. The Bertz CT molecular complexity index is 393. The molecule has 1 heterocycles. The highest BCUT2D eigenvalue weighted by Crippen LogP contribution is 2.19. The third-order valence-corrected chi connectivity index (χ3v) is 4.17. The van der Waals surface area contributed by atoms with E-state index in [2.05, 4.69) is 32.4 Å². The summed E-state index contributed by atoms with van der Waals surface area (Å²) in [5.41, 5.74) is 10.1. The highest BCUT2D eigenvalue weighted by Gasteiger charge is 2.16. The van der Waals surface area contributed by atoms with E-state index in [1.54, 1.807) is 0 Å². The first-order valence-corrected chi connectivity index (χ1v) is 8.96. The van der Waals surface area contributed by atoms with E-state index in [1.165, 1.54) is 55.5 Å². The number of hydrogen-bond acceptors (Lipinski definition) is 2. The summed E-state index contributed by atoms with van der Waals surface area (Å²) in [6.45, 7) is 9.86. The van der Waals surface area contributed by atoms with Gasteiger partial charge in [0.15, 0.2) is 0 Å². The van der Waals surface area contributed by atoms with Crippen molar-refractivity contribution in [2.45, 2.75) is 98.1 Å². The van der Waals surface area contributed by atoms with Crippen LogP contribution in [-0.2, 0) is 25.8 Å². The second-order valence-corrected chi connectivity index (χ2v) is 6.25. The predicted octanol–water partition coefficient (Wildman–Crippen LogP) is 4.26. The van der Waals surface area contributed by atoms with E-state index in [4.69, 9.17) is 10.8 Å². The van der Waals surface area contributed by atoms with E-state index in [-0.39, 0.29) is 6.04 Å². The van der Waals surface area contributed by atoms with Crippen molar-refractivity contribution >= 4 is 0 Å². The molecule has 0 spiro atoms. The SMILES string of the molecule is CCCCCCCCn1nc(CC)c(CC(C)N)c1CC. The molecule has 1 aromatic rings. The van der Waals surface area contributed by atoms with E-state index in [0.717, 1.165) is 25.8 Å². The van der Waals surface area contributed by atoms with Gasteiger partial charge in [-0.1, -0.05) is 52.9 Å². The molecule has 0 aromatic carbocycles. The number of aromatic nitrogens is 2. The van der Waals surface area contributed by atoms with Gasteiger partial charge in [-0.15, -0.1) is 0 Å². The fraction of sp³-hybridized carbons (Fsp3) is 0.833. The number of aryl methyl sites for hydroxylation is 2. The van der Waals surface area contributed by atoms with Gasteiger partial charge < -0.3 is 5.73 Å². The molecule has 0 aliphatic carbocycles. The Hall–Kier alpha value is -0.830. The molecule has 0 radical (unpaired) electrons. The molecular formula is C18H35N3. The zero-order valence-electron chi connectivity index (χ0n) is 14.6. The van der Waals surface area contributed by atoms with Gasteiger partial charge in [-0.3, -0.25) is 4.68 Å². The van der Waals surface area contributed by atoms with Gasteiger partial charge in [0.25, 0.3) is 0 Å². The topological polar surface area (TPSA) is 43.8 Å². The molecule has 1 unspecified atom stereocenters. The molecule has 0 saturated carbocycles. The smallest absolute Gasteiger partial charge is 0.0657 e. The Kier molecular flexibility index (Phi) is 8.67. The third kappa shape index (κ3) is 5.82. The minimum Gasteiger partial charge on any atom is -0.328 e. The lowest BCUT2D eigenvalue weighted by Gasteiger charge is -2.10. The van der Waals surface area contributed by atoms with E-state index >= 15 is 0 Å². The van der Waals surface area contributed by atoms with Crippen LogP contribution in [0.15, 0.2) is 0 Å². The largest absolute Gasteiger partial charge is 0.328 e. The maximum atomic E-state index is 6.01. The Morgan fingerprint density at radius 2 is 1.67 bits per heavy atom. The van der Waals surface area contributed by atoms with Crippen molar-refractivity contribution in [2.75, 3.05) is 0 Å². The van der Waals surface area contributed by atoms with Crippen molar-refractivity contribution in [3.8, 4) is 0 Å². The summed E-state index contributed by atoms with van der Waals surface area (Å²) in [6.07, 6.45) is 11.1. The number of nitrogens with zero attached hydrogens (tertiary/aromatic N) is 2. The van der Waals surface area contributed by atoms with Crippen LogP contribution in [0.5, 0.6) is 0 Å². The molecule has 0 aliphatic rings. The van der Waals surface area contributed by atoms with Crippen LogP contribution in [0.3, 0.4) is 0 Å². The summed E-state index contributed by atoms with van der Waals surface area (Å²) in [7, 11) is 0. The normalized spacial score (nSPS) is 12.8. The molecule has 21 heavy (non-hydrogen) atoms. The first kappa shape index (κ1) is 18.2. The Labute approximate surface area is 131 Å². The summed E-state index contributed by atoms with van der Waals surface area (Å²) < 4.78 is 2.26. The number of hydrogen-bond donors (Lipinski definition) is 1. The minimum absolute atomic E-state index is 0.215. The van der Waals surface area contributed by atoms with Crippen LogP contribution in [-0.4, -0.2) is 15.8 Å². The van der Waals surface area contributed by atoms with Crippen LogP contribution in [0.2, 0.25) is 0 Å². The second-order valence-electron chi connectivity index (χ2n) is 6.25. The van der Waals surface area contributed by atoms with Crippen molar-refractivity contribution in [2.24, 2.45) is 5.73 Å². The summed E-state index contributed by atoms with van der Waals surface area (Å²) in [5, 5.41) is 4.85. The molecule has 1 rings (SSSR count). The van der Waals surface area contributed by atoms with Crippen LogP contribution in [0.1, 0.15) is 83.2 Å². The van der Waals surface area contributed by atoms with Crippen molar-refractivity contribution in [3.05, 3.63) is 17.0 Å². The van der Waals surface area contributed by atoms with Crippen molar-refractivity contribution in [1.29, 1.82) is 0 Å². The molecule has 0 amide bonds. The monoisotopic (exact) mass is 293 g/mol. The molecule has 2 N–H and O–H groups in total. The molecule has 1 atom stereocenters. The van der Waals surface area contributed by atoms with Gasteiger partial charge >= 0.3 is 0 Å². The lowest BCUT2D eigenvalue weighted by atomic mass is 10.0. The van der Waals surface area contributed by atoms with Crippen LogP contribution in [0, 0.1) is 0 Å². The maximum absolute atomic E-state index is 6.01. The molecule has 3 heteroatoms. The standard InChI is InChI=1S/C18H35N3/c1-5-8-9-10-11-12-13-21-18(7-3)16(14-15(4)19)17(6-2)20-21/h15H,5-14,19H2,1-4H3. The zero-order chi connectivity index (χ0) is 15.7. The average Bonchev–Trinajstić information content (AvgIpc) is 2.78. The summed E-state index contributed by atoms with van der Waals surface area (Å²) in [6, 6.07) is 0.215. The van der Waals surface area contributed by atoms with Gasteiger partial charge in [0.05, 0.1) is 5.69 Å². The minimum atomic E-state index is 0.215. The molecule has 3 nitrogen and oxygen atoms in total. The molecule has 0 aliphatic heterocycles. The third-order valence-electron chi connectivity index (χ3n) is 4.17. The number of rotatable bonds is 11. The zero-order valence-corrected chi connectivity index (χ0v) is 14.6. The number of unbranched alkanes of at least 4 members (excludes halogenated alkanes) is 5. The summed E-state index contributed by atoms with van der Waals surface area (Å²) in [4.78, 5) is 0. The Morgan fingerprint density at radius 1 is 1.00 bits per heavy atom. The lowest BCUT2D eigenvalue weighted by molar-refractivity contribution is 0.511. The molecule has 0 bridgehead atoms. The maximum Gasteiger partial charge on any atom is 0.0657 e. The van der Waals surface area contributed by atoms with Crippen LogP contribution >= 0.6 is 0 Å². The van der Waals surface area contributed by atoms with Gasteiger partial charge in [-0.25, -0.2) is 0 Å². The van der Waals surface area contributed by atoms with Crippen LogP contribution in [0.25, 0.3) is 0 Å². The fourth-order valence-corrected chi connectivity index (χ4v) is 3.05. The quantitative estimate of drug-likeness (QED) is 0.620. The van der Waals surface area contributed by atoms with Crippen molar-refractivity contribution in [3.63, 3.8) is 0 Å². The summed E-state index contributed by atoms with van der Waals surface area (Å²) in [5.74, 6) is 0. The molecule has 0 saturated heterocycles. The molecule has 0 fully saturated rings. The Morgan fingerprint density at radius 3 is 2.24 bits per heavy atom. The van der Waals surface area contributed by atoms with Crippen LogP contribution < -0.4 is 5.73 Å². The van der Waals surface area contributed by atoms with Gasteiger partial charge in [-0.05, 0) is 38.2 Å². The highest BCUT2D eigenvalue weighted by molar-refractivity contribution is 5.27. The Balaban J connectivity index is 2.62. The van der Waals surface area contributed by atoms with Gasteiger partial charge in [0, 0.05) is 18.3 Å². The van der Waals surface area contributed by atoms with Gasteiger partial charge in [0.2, 0.25) is 0 Å². The summed E-state index contributed by atoms with van der Waals surface area (Å²) >= 11 is 0. The van der Waals surface area contributed by atoms with E-state index < -0.39 is 0 Å². The number of nitrogens with two attached hydrogens (primary N) is 1. The van der Waals surface area contributed by atoms with E-state index in [0.29, 0.717) is 0 Å². The van der Waals surface area contributed by atoms with Gasteiger partial charge in [-0.2, -0.15) is 5.10 Å². The lowest BCUT2D eigenvalue weighted by Crippen LogP contribution is -2.19.